The molecule has 0 radical (unpaired) electrons. The van der Waals surface area contributed by atoms with Crippen molar-refractivity contribution in [2.24, 2.45) is 11.8 Å². The van der Waals surface area contributed by atoms with Crippen LogP contribution in [0.1, 0.15) is 33.0 Å². The molecule has 0 aromatic carbocycles. The van der Waals surface area contributed by atoms with Gasteiger partial charge >= 0.3 is 5.97 Å². The first-order chi connectivity index (χ1) is 7.91. The van der Waals surface area contributed by atoms with E-state index in [-0.39, 0.29) is 11.7 Å². The summed E-state index contributed by atoms with van der Waals surface area (Å²) in [6, 6.07) is 1.62. The van der Waals surface area contributed by atoms with Crippen molar-refractivity contribution < 1.29 is 15.0 Å². The van der Waals surface area contributed by atoms with Gasteiger partial charge in [-0.15, -0.1) is 0 Å². The van der Waals surface area contributed by atoms with Crippen molar-refractivity contribution in [1.29, 1.82) is 0 Å². The highest BCUT2D eigenvalue weighted by molar-refractivity contribution is 5.72. The number of aliphatic hydroxyl groups is 1. The topological polar surface area (TPSA) is 83.3 Å². The van der Waals surface area contributed by atoms with Gasteiger partial charge in [-0.2, -0.15) is 0 Å². The van der Waals surface area contributed by atoms with Crippen molar-refractivity contribution in [3.63, 3.8) is 0 Å². The number of carboxylic acids is 1. The first kappa shape index (κ1) is 13.6. The first-order valence-electron chi connectivity index (χ1n) is 5.64. The minimum absolute atomic E-state index is 0.146. The van der Waals surface area contributed by atoms with Crippen LogP contribution >= 0.6 is 0 Å². The molecule has 0 fully saturated rings. The quantitative estimate of drug-likeness (QED) is 0.810. The molecule has 3 atom stereocenters. The summed E-state index contributed by atoms with van der Waals surface area (Å²) in [4.78, 5) is 19.2. The van der Waals surface area contributed by atoms with Crippen LogP contribution in [0.15, 0.2) is 18.5 Å². The molecule has 1 aromatic heterocycles. The SMILES string of the molecule is CCC(C)C(C(=O)O)C(C)(O)c1ncccn1. The zero-order valence-corrected chi connectivity index (χ0v) is 10.3. The van der Waals surface area contributed by atoms with Gasteiger partial charge in [-0.1, -0.05) is 20.3 Å². The third-order valence-corrected chi connectivity index (χ3v) is 3.10. The molecule has 0 amide bonds. The third kappa shape index (κ3) is 2.79. The maximum atomic E-state index is 11.3. The Bertz CT molecular complexity index is 379. The van der Waals surface area contributed by atoms with Gasteiger partial charge in [0.15, 0.2) is 5.82 Å². The summed E-state index contributed by atoms with van der Waals surface area (Å²) >= 11 is 0. The van der Waals surface area contributed by atoms with Gasteiger partial charge in [0.25, 0.3) is 0 Å². The number of aliphatic carboxylic acids is 1. The van der Waals surface area contributed by atoms with Gasteiger partial charge in [0, 0.05) is 12.4 Å². The molecular weight excluding hydrogens is 220 g/mol. The lowest BCUT2D eigenvalue weighted by Crippen LogP contribution is -2.42. The lowest BCUT2D eigenvalue weighted by molar-refractivity contribution is -0.156. The van der Waals surface area contributed by atoms with Crippen molar-refractivity contribution in [1.82, 2.24) is 9.97 Å². The van der Waals surface area contributed by atoms with Gasteiger partial charge in [0.1, 0.15) is 5.60 Å². The lowest BCUT2D eigenvalue weighted by Gasteiger charge is -2.32. The van der Waals surface area contributed by atoms with Crippen LogP contribution in [0.3, 0.4) is 0 Å². The van der Waals surface area contributed by atoms with E-state index in [1.54, 1.807) is 13.0 Å². The Kier molecular flexibility index (Phi) is 4.17. The highest BCUT2D eigenvalue weighted by Gasteiger charge is 2.43. The van der Waals surface area contributed by atoms with Gasteiger partial charge < -0.3 is 10.2 Å². The average Bonchev–Trinajstić information content (AvgIpc) is 2.29. The zero-order chi connectivity index (χ0) is 13.1. The number of carboxylic acid groups (broad SMARTS) is 1. The van der Waals surface area contributed by atoms with Gasteiger partial charge in [-0.25, -0.2) is 9.97 Å². The molecule has 0 aliphatic carbocycles. The van der Waals surface area contributed by atoms with E-state index in [2.05, 4.69) is 9.97 Å². The van der Waals surface area contributed by atoms with E-state index in [0.717, 1.165) is 0 Å². The number of rotatable bonds is 5. The molecule has 0 aliphatic heterocycles. The van der Waals surface area contributed by atoms with E-state index < -0.39 is 17.5 Å². The summed E-state index contributed by atoms with van der Waals surface area (Å²) in [5, 5.41) is 19.7. The van der Waals surface area contributed by atoms with Crippen molar-refractivity contribution >= 4 is 5.97 Å². The predicted octanol–water partition coefficient (Wildman–Crippen LogP) is 1.43. The minimum Gasteiger partial charge on any atom is -0.481 e. The monoisotopic (exact) mass is 238 g/mol. The molecule has 1 aromatic rings. The van der Waals surface area contributed by atoms with Crippen molar-refractivity contribution in [3.05, 3.63) is 24.3 Å². The molecule has 0 spiro atoms. The van der Waals surface area contributed by atoms with Gasteiger partial charge in [-0.3, -0.25) is 4.79 Å². The molecule has 1 rings (SSSR count). The van der Waals surface area contributed by atoms with Gasteiger partial charge in [-0.05, 0) is 18.9 Å². The Morgan fingerprint density at radius 2 is 2.00 bits per heavy atom. The molecule has 3 unspecified atom stereocenters. The van der Waals surface area contributed by atoms with Crippen LogP contribution in [-0.4, -0.2) is 26.2 Å². The van der Waals surface area contributed by atoms with Crippen LogP contribution in [0.25, 0.3) is 0 Å². The molecule has 2 N–H and O–H groups in total. The van der Waals surface area contributed by atoms with E-state index in [9.17, 15) is 15.0 Å². The second kappa shape index (κ2) is 5.23. The Hall–Kier alpha value is -1.49. The molecule has 0 bridgehead atoms. The summed E-state index contributed by atoms with van der Waals surface area (Å²) in [7, 11) is 0. The fourth-order valence-corrected chi connectivity index (χ4v) is 1.97. The average molecular weight is 238 g/mol. The second-order valence-corrected chi connectivity index (χ2v) is 4.42. The molecule has 0 saturated carbocycles. The van der Waals surface area contributed by atoms with E-state index >= 15 is 0 Å². The Balaban J connectivity index is 3.13. The normalized spacial score (nSPS) is 18.1. The number of aromatic nitrogens is 2. The zero-order valence-electron chi connectivity index (χ0n) is 10.3. The molecule has 0 aliphatic rings. The highest BCUT2D eigenvalue weighted by Crippen LogP contribution is 2.33. The fraction of sp³-hybridized carbons (Fsp3) is 0.583. The minimum atomic E-state index is -1.57. The standard InChI is InChI=1S/C12H18N2O3/c1-4-8(2)9(10(15)16)12(3,17)11-13-6-5-7-14-11/h5-9,17H,4H2,1-3H3,(H,15,16). The van der Waals surface area contributed by atoms with Crippen molar-refractivity contribution in [3.8, 4) is 0 Å². The third-order valence-electron chi connectivity index (χ3n) is 3.10. The Morgan fingerprint density at radius 3 is 2.41 bits per heavy atom. The number of hydrogen-bond acceptors (Lipinski definition) is 4. The van der Waals surface area contributed by atoms with Crippen molar-refractivity contribution in [2.45, 2.75) is 32.8 Å². The van der Waals surface area contributed by atoms with Gasteiger partial charge in [0.2, 0.25) is 0 Å². The molecule has 0 saturated heterocycles. The van der Waals surface area contributed by atoms with Crippen molar-refractivity contribution in [2.75, 3.05) is 0 Å². The second-order valence-electron chi connectivity index (χ2n) is 4.42. The number of carbonyl (C=O) groups is 1. The van der Waals surface area contributed by atoms with E-state index in [1.165, 1.54) is 19.3 Å². The lowest BCUT2D eigenvalue weighted by atomic mass is 9.78. The van der Waals surface area contributed by atoms with Crippen LogP contribution in [-0.2, 0) is 10.4 Å². The van der Waals surface area contributed by atoms with E-state index in [0.29, 0.717) is 6.42 Å². The van der Waals surface area contributed by atoms with Crippen LogP contribution in [0.2, 0.25) is 0 Å². The number of hydrogen-bond donors (Lipinski definition) is 2. The van der Waals surface area contributed by atoms with E-state index in [1.807, 2.05) is 6.92 Å². The fourth-order valence-electron chi connectivity index (χ4n) is 1.97. The molecule has 1 heterocycles. The smallest absolute Gasteiger partial charge is 0.310 e. The maximum Gasteiger partial charge on any atom is 0.310 e. The molecular formula is C12H18N2O3. The maximum absolute atomic E-state index is 11.3. The first-order valence-corrected chi connectivity index (χ1v) is 5.64. The molecule has 5 nitrogen and oxygen atoms in total. The Morgan fingerprint density at radius 1 is 1.47 bits per heavy atom. The highest BCUT2D eigenvalue weighted by atomic mass is 16.4. The molecule has 94 valence electrons. The van der Waals surface area contributed by atoms with E-state index in [4.69, 9.17) is 0 Å². The summed E-state index contributed by atoms with van der Waals surface area (Å²) in [6.07, 6.45) is 3.65. The van der Waals surface area contributed by atoms with Gasteiger partial charge in [0.05, 0.1) is 5.92 Å². The van der Waals surface area contributed by atoms with Crippen LogP contribution in [0.4, 0.5) is 0 Å². The van der Waals surface area contributed by atoms with Crippen LogP contribution in [0, 0.1) is 11.8 Å². The molecule has 17 heavy (non-hydrogen) atoms. The summed E-state index contributed by atoms with van der Waals surface area (Å²) in [5.41, 5.74) is -1.57. The molecule has 5 heteroatoms. The van der Waals surface area contributed by atoms with Crippen LogP contribution < -0.4 is 0 Å². The summed E-state index contributed by atoms with van der Waals surface area (Å²) in [6.45, 7) is 5.14. The van der Waals surface area contributed by atoms with Crippen LogP contribution in [0.5, 0.6) is 0 Å². The summed E-state index contributed by atoms with van der Waals surface area (Å²) < 4.78 is 0. The largest absolute Gasteiger partial charge is 0.481 e. The number of nitrogens with zero attached hydrogens (tertiary/aromatic N) is 2. The summed E-state index contributed by atoms with van der Waals surface area (Å²) in [5.74, 6) is -1.97. The Labute approximate surface area is 101 Å². The predicted molar refractivity (Wildman–Crippen MR) is 62.2 cm³/mol.